The Bertz CT molecular complexity index is 897. The highest BCUT2D eigenvalue weighted by Gasteiger charge is 2.12. The summed E-state index contributed by atoms with van der Waals surface area (Å²) < 4.78 is 8.16. The average molecular weight is 441 g/mol. The summed E-state index contributed by atoms with van der Waals surface area (Å²) in [5.74, 6) is 0.382. The molecule has 1 amide bonds. The van der Waals surface area contributed by atoms with E-state index in [4.69, 9.17) is 27.9 Å². The van der Waals surface area contributed by atoms with E-state index in [0.29, 0.717) is 16.3 Å². The quantitative estimate of drug-likeness (QED) is 0.590. The molecule has 128 valence electrons. The van der Waals surface area contributed by atoms with Gasteiger partial charge < -0.3 is 10.1 Å². The highest BCUT2D eigenvalue weighted by Crippen LogP contribution is 2.22. The highest BCUT2D eigenvalue weighted by atomic mass is 79.9. The van der Waals surface area contributed by atoms with Crippen molar-refractivity contribution in [2.75, 3.05) is 5.32 Å². The molecule has 3 rings (SSSR count). The topological polar surface area (TPSA) is 56.2 Å². The molecule has 1 N–H and O–H groups in total. The van der Waals surface area contributed by atoms with Gasteiger partial charge in [-0.3, -0.25) is 4.79 Å². The van der Waals surface area contributed by atoms with Gasteiger partial charge in [-0.1, -0.05) is 39.1 Å². The number of hydrogen-bond donors (Lipinski definition) is 1. The molecule has 25 heavy (non-hydrogen) atoms. The van der Waals surface area contributed by atoms with Crippen molar-refractivity contribution in [2.45, 2.75) is 6.73 Å². The molecule has 0 fully saturated rings. The largest absolute Gasteiger partial charge is 0.471 e. The van der Waals surface area contributed by atoms with E-state index < -0.39 is 0 Å². The predicted molar refractivity (Wildman–Crippen MR) is 101 cm³/mol. The molecule has 0 aliphatic carbocycles. The molecule has 0 spiro atoms. The second-order valence-corrected chi connectivity index (χ2v) is 6.83. The maximum absolute atomic E-state index is 12.3. The van der Waals surface area contributed by atoms with E-state index in [0.717, 1.165) is 10.2 Å². The minimum Gasteiger partial charge on any atom is -0.471 e. The fourth-order valence-electron chi connectivity index (χ4n) is 2.04. The lowest BCUT2D eigenvalue weighted by Crippen LogP contribution is -2.12. The molecule has 0 radical (unpaired) electrons. The number of carbonyl (C=O) groups is 1. The summed E-state index contributed by atoms with van der Waals surface area (Å²) in [6.45, 7) is 0.221. The molecule has 0 aliphatic heterocycles. The lowest BCUT2D eigenvalue weighted by atomic mass is 10.2. The van der Waals surface area contributed by atoms with Gasteiger partial charge in [0.1, 0.15) is 5.75 Å². The molecule has 8 heteroatoms. The third-order valence-electron chi connectivity index (χ3n) is 3.24. The van der Waals surface area contributed by atoms with Crippen LogP contribution in [0.3, 0.4) is 0 Å². The van der Waals surface area contributed by atoms with Crippen LogP contribution in [0, 0.1) is 0 Å². The summed E-state index contributed by atoms with van der Waals surface area (Å²) in [4.78, 5) is 12.3. The number of rotatable bonds is 5. The molecule has 5 nitrogen and oxygen atoms in total. The number of halogens is 3. The lowest BCUT2D eigenvalue weighted by Gasteiger charge is -2.06. The summed E-state index contributed by atoms with van der Waals surface area (Å²) in [6.07, 6.45) is 3.20. The number of amides is 1. The first-order valence-electron chi connectivity index (χ1n) is 7.18. The van der Waals surface area contributed by atoms with Gasteiger partial charge in [-0.05, 0) is 42.5 Å². The maximum atomic E-state index is 12.3. The maximum Gasteiger partial charge on any atom is 0.257 e. The molecule has 0 atom stereocenters. The molecule has 0 bridgehead atoms. The Labute approximate surface area is 162 Å². The van der Waals surface area contributed by atoms with Gasteiger partial charge in [0.15, 0.2) is 6.73 Å². The van der Waals surface area contributed by atoms with Gasteiger partial charge in [0, 0.05) is 9.50 Å². The van der Waals surface area contributed by atoms with Crippen LogP contribution in [-0.4, -0.2) is 15.7 Å². The second kappa shape index (κ2) is 7.91. The first-order valence-corrected chi connectivity index (χ1v) is 8.73. The predicted octanol–water partition coefficient (Wildman–Crippen LogP) is 5.24. The van der Waals surface area contributed by atoms with E-state index in [-0.39, 0.29) is 17.7 Å². The monoisotopic (exact) mass is 439 g/mol. The van der Waals surface area contributed by atoms with E-state index in [1.54, 1.807) is 23.0 Å². The average Bonchev–Trinajstić information content (AvgIpc) is 3.01. The van der Waals surface area contributed by atoms with Crippen LogP contribution in [0.4, 0.5) is 5.69 Å². The van der Waals surface area contributed by atoms with Gasteiger partial charge in [0.05, 0.1) is 28.7 Å². The Morgan fingerprint density at radius 2 is 1.96 bits per heavy atom. The summed E-state index contributed by atoms with van der Waals surface area (Å²) in [7, 11) is 0. The Morgan fingerprint density at radius 3 is 2.68 bits per heavy atom. The van der Waals surface area contributed by atoms with Crippen LogP contribution >= 0.6 is 39.1 Å². The normalized spacial score (nSPS) is 10.5. The summed E-state index contributed by atoms with van der Waals surface area (Å²) in [5, 5.41) is 7.64. The minimum absolute atomic E-state index is 0.221. The molecule has 0 saturated carbocycles. The van der Waals surface area contributed by atoms with Crippen LogP contribution in [0.2, 0.25) is 10.0 Å². The molecule has 0 saturated heterocycles. The lowest BCUT2D eigenvalue weighted by molar-refractivity contribution is 0.102. The summed E-state index contributed by atoms with van der Waals surface area (Å²) >= 11 is 15.2. The Kier molecular flexibility index (Phi) is 5.63. The zero-order valence-corrected chi connectivity index (χ0v) is 15.8. The fourth-order valence-corrected chi connectivity index (χ4v) is 2.80. The Balaban J connectivity index is 1.61. The summed E-state index contributed by atoms with van der Waals surface area (Å²) in [5.41, 5.74) is 0.875. The van der Waals surface area contributed by atoms with Crippen molar-refractivity contribution in [3.05, 3.63) is 74.9 Å². The number of ether oxygens (including phenoxy) is 1. The van der Waals surface area contributed by atoms with Gasteiger partial charge in [0.2, 0.25) is 0 Å². The molecule has 1 aromatic heterocycles. The van der Waals surface area contributed by atoms with Gasteiger partial charge in [0.25, 0.3) is 5.91 Å². The molecule has 1 heterocycles. The number of carbonyl (C=O) groups excluding carboxylic acids is 1. The number of aromatic nitrogens is 2. The van der Waals surface area contributed by atoms with Gasteiger partial charge in [-0.25, -0.2) is 4.68 Å². The van der Waals surface area contributed by atoms with Crippen molar-refractivity contribution >= 4 is 50.7 Å². The summed E-state index contributed by atoms with van der Waals surface area (Å²) in [6, 6.07) is 12.2. The first-order chi connectivity index (χ1) is 12.0. The first kappa shape index (κ1) is 17.8. The van der Waals surface area contributed by atoms with Crippen molar-refractivity contribution in [2.24, 2.45) is 0 Å². The van der Waals surface area contributed by atoms with E-state index in [1.807, 2.05) is 24.3 Å². The van der Waals surface area contributed by atoms with Crippen LogP contribution in [-0.2, 0) is 6.73 Å². The Morgan fingerprint density at radius 1 is 1.20 bits per heavy atom. The number of nitrogens with one attached hydrogen (secondary N) is 1. The van der Waals surface area contributed by atoms with Crippen LogP contribution in [0.15, 0.2) is 59.3 Å². The third kappa shape index (κ3) is 4.75. The third-order valence-corrected chi connectivity index (χ3v) is 4.32. The van der Waals surface area contributed by atoms with Crippen LogP contribution in [0.25, 0.3) is 0 Å². The fraction of sp³-hybridized carbons (Fsp3) is 0.0588. The van der Waals surface area contributed by atoms with Crippen molar-refractivity contribution in [3.8, 4) is 5.75 Å². The van der Waals surface area contributed by atoms with Crippen molar-refractivity contribution < 1.29 is 9.53 Å². The van der Waals surface area contributed by atoms with E-state index >= 15 is 0 Å². The highest BCUT2D eigenvalue weighted by molar-refractivity contribution is 9.10. The van der Waals surface area contributed by atoms with Gasteiger partial charge >= 0.3 is 0 Å². The number of hydrogen-bond acceptors (Lipinski definition) is 3. The SMILES string of the molecule is O=C(Nc1cnn(COc2ccc(Br)cc2)c1)c1ccc(Cl)cc1Cl. The van der Waals surface area contributed by atoms with Gasteiger partial charge in [-0.15, -0.1) is 0 Å². The zero-order valence-electron chi connectivity index (χ0n) is 12.7. The molecular formula is C17H12BrCl2N3O2. The Hall–Kier alpha value is -2.02. The molecular weight excluding hydrogens is 429 g/mol. The molecule has 0 aliphatic rings. The molecule has 2 aromatic carbocycles. The van der Waals surface area contributed by atoms with Crippen molar-refractivity contribution in [3.63, 3.8) is 0 Å². The number of anilines is 1. The number of nitrogens with zero attached hydrogens (tertiary/aromatic N) is 2. The van der Waals surface area contributed by atoms with Crippen molar-refractivity contribution in [1.82, 2.24) is 9.78 Å². The van der Waals surface area contributed by atoms with E-state index in [1.165, 1.54) is 12.3 Å². The van der Waals surface area contributed by atoms with E-state index in [2.05, 4.69) is 26.3 Å². The smallest absolute Gasteiger partial charge is 0.257 e. The van der Waals surface area contributed by atoms with Gasteiger partial charge in [-0.2, -0.15) is 5.10 Å². The van der Waals surface area contributed by atoms with Crippen LogP contribution < -0.4 is 10.1 Å². The van der Waals surface area contributed by atoms with E-state index in [9.17, 15) is 4.79 Å². The molecule has 3 aromatic rings. The minimum atomic E-state index is -0.338. The van der Waals surface area contributed by atoms with Crippen LogP contribution in [0.1, 0.15) is 10.4 Å². The molecule has 0 unspecified atom stereocenters. The zero-order chi connectivity index (χ0) is 17.8. The number of benzene rings is 2. The van der Waals surface area contributed by atoms with Crippen LogP contribution in [0.5, 0.6) is 5.75 Å². The second-order valence-electron chi connectivity index (χ2n) is 5.07. The van der Waals surface area contributed by atoms with Crippen molar-refractivity contribution in [1.29, 1.82) is 0 Å². The standard InChI is InChI=1S/C17H12BrCl2N3O2/c18-11-1-4-14(5-2-11)25-10-23-9-13(8-21-23)22-17(24)15-6-3-12(19)7-16(15)20/h1-9H,10H2,(H,22,24).